The maximum atomic E-state index is 13.2. The third kappa shape index (κ3) is 1.95. The average Bonchev–Trinajstić information content (AvgIpc) is 2.39. The molecule has 0 amide bonds. The molecule has 0 aliphatic carbocycles. The zero-order valence-electron chi connectivity index (χ0n) is 9.65. The Morgan fingerprint density at radius 3 is 2.89 bits per heavy atom. The van der Waals surface area contributed by atoms with E-state index in [1.165, 1.54) is 18.2 Å². The molecule has 2 heterocycles. The first-order valence-corrected chi connectivity index (χ1v) is 5.76. The van der Waals surface area contributed by atoms with Crippen LogP contribution in [0.3, 0.4) is 0 Å². The highest BCUT2D eigenvalue weighted by atomic mass is 19.1. The Morgan fingerprint density at radius 2 is 2.11 bits per heavy atom. The molecule has 18 heavy (non-hydrogen) atoms. The van der Waals surface area contributed by atoms with Crippen molar-refractivity contribution in [3.05, 3.63) is 34.4 Å². The van der Waals surface area contributed by atoms with E-state index in [1.54, 1.807) is 0 Å². The summed E-state index contributed by atoms with van der Waals surface area (Å²) in [6, 6.07) is 3.97. The van der Waals surface area contributed by atoms with E-state index in [0.29, 0.717) is 43.2 Å². The Kier molecular flexibility index (Phi) is 2.71. The Labute approximate surface area is 102 Å². The van der Waals surface area contributed by atoms with Crippen LogP contribution in [0.25, 0.3) is 10.9 Å². The number of aromatic amines is 1. The van der Waals surface area contributed by atoms with E-state index < -0.39 is 5.82 Å². The molecule has 0 radical (unpaired) electrons. The lowest BCUT2D eigenvalue weighted by Gasteiger charge is -2.27. The Morgan fingerprint density at radius 1 is 1.33 bits per heavy atom. The van der Waals surface area contributed by atoms with Crippen molar-refractivity contribution in [3.8, 4) is 0 Å². The van der Waals surface area contributed by atoms with Crippen molar-refractivity contribution in [3.63, 3.8) is 0 Å². The van der Waals surface area contributed by atoms with Gasteiger partial charge in [-0.15, -0.1) is 0 Å². The molecule has 2 aromatic rings. The molecule has 5 nitrogen and oxygen atoms in total. The fraction of sp³-hybridized carbons (Fsp3) is 0.333. The molecule has 1 aliphatic rings. The number of benzene rings is 1. The SMILES string of the molecule is O=c1[nH]c(N2CCOCC2)nc2cc(F)ccc12. The fourth-order valence-corrected chi connectivity index (χ4v) is 2.03. The van der Waals surface area contributed by atoms with Crippen LogP contribution in [-0.2, 0) is 4.74 Å². The summed E-state index contributed by atoms with van der Waals surface area (Å²) in [5, 5.41) is 0.397. The van der Waals surface area contributed by atoms with Crippen molar-refractivity contribution in [2.75, 3.05) is 31.2 Å². The van der Waals surface area contributed by atoms with E-state index >= 15 is 0 Å². The van der Waals surface area contributed by atoms with Crippen molar-refractivity contribution in [2.24, 2.45) is 0 Å². The van der Waals surface area contributed by atoms with Crippen LogP contribution in [0, 0.1) is 5.82 Å². The summed E-state index contributed by atoms with van der Waals surface area (Å²) in [5.41, 5.74) is 0.127. The summed E-state index contributed by atoms with van der Waals surface area (Å²) in [6.07, 6.45) is 0. The first kappa shape index (κ1) is 11.2. The molecule has 1 saturated heterocycles. The van der Waals surface area contributed by atoms with Gasteiger partial charge in [0.05, 0.1) is 24.1 Å². The second-order valence-electron chi connectivity index (χ2n) is 4.15. The van der Waals surface area contributed by atoms with E-state index in [-0.39, 0.29) is 5.56 Å². The number of aromatic nitrogens is 2. The molecule has 3 rings (SSSR count). The minimum Gasteiger partial charge on any atom is -0.378 e. The summed E-state index contributed by atoms with van der Waals surface area (Å²) in [4.78, 5) is 20.8. The average molecular weight is 249 g/mol. The van der Waals surface area contributed by atoms with Crippen LogP contribution in [0.2, 0.25) is 0 Å². The van der Waals surface area contributed by atoms with Gasteiger partial charge in [0.1, 0.15) is 5.82 Å². The van der Waals surface area contributed by atoms with Gasteiger partial charge in [-0.2, -0.15) is 0 Å². The predicted octanol–water partition coefficient (Wildman–Crippen LogP) is 0.899. The molecule has 0 atom stereocenters. The Hall–Kier alpha value is -1.95. The van der Waals surface area contributed by atoms with E-state index in [2.05, 4.69) is 9.97 Å². The van der Waals surface area contributed by atoms with Gasteiger partial charge in [0.2, 0.25) is 5.95 Å². The molecule has 0 bridgehead atoms. The van der Waals surface area contributed by atoms with Gasteiger partial charge < -0.3 is 9.64 Å². The number of H-pyrrole nitrogens is 1. The first-order valence-electron chi connectivity index (χ1n) is 5.76. The van der Waals surface area contributed by atoms with E-state index in [9.17, 15) is 9.18 Å². The Bertz CT molecular complexity index is 635. The molecule has 94 valence electrons. The zero-order valence-corrected chi connectivity index (χ0v) is 9.65. The summed E-state index contributed by atoms with van der Waals surface area (Å²) in [6.45, 7) is 2.54. The second-order valence-corrected chi connectivity index (χ2v) is 4.15. The van der Waals surface area contributed by atoms with Crippen LogP contribution < -0.4 is 10.5 Å². The lowest BCUT2D eigenvalue weighted by molar-refractivity contribution is 0.122. The quantitative estimate of drug-likeness (QED) is 0.815. The van der Waals surface area contributed by atoms with Crippen LogP contribution in [0.1, 0.15) is 0 Å². The minimum absolute atomic E-state index is 0.249. The van der Waals surface area contributed by atoms with Crippen LogP contribution >= 0.6 is 0 Å². The largest absolute Gasteiger partial charge is 0.378 e. The minimum atomic E-state index is -0.395. The van der Waals surface area contributed by atoms with Gasteiger partial charge in [0.15, 0.2) is 0 Å². The summed E-state index contributed by atoms with van der Waals surface area (Å²) < 4.78 is 18.4. The molecule has 1 N–H and O–H groups in total. The van der Waals surface area contributed by atoms with E-state index in [1.807, 2.05) is 4.90 Å². The monoisotopic (exact) mass is 249 g/mol. The van der Waals surface area contributed by atoms with Gasteiger partial charge >= 0.3 is 0 Å². The van der Waals surface area contributed by atoms with E-state index in [4.69, 9.17) is 4.74 Å². The highest BCUT2D eigenvalue weighted by Crippen LogP contribution is 2.14. The van der Waals surface area contributed by atoms with Crippen molar-refractivity contribution in [1.29, 1.82) is 0 Å². The van der Waals surface area contributed by atoms with Crippen LogP contribution in [-0.4, -0.2) is 36.3 Å². The third-order valence-corrected chi connectivity index (χ3v) is 2.97. The van der Waals surface area contributed by atoms with Gasteiger partial charge in [-0.25, -0.2) is 9.37 Å². The summed E-state index contributed by atoms with van der Waals surface area (Å²) in [5.74, 6) is 0.0786. The van der Waals surface area contributed by atoms with Crippen LogP contribution in [0.4, 0.5) is 10.3 Å². The molecular formula is C12H12FN3O2. The van der Waals surface area contributed by atoms with Gasteiger partial charge in [-0.05, 0) is 12.1 Å². The van der Waals surface area contributed by atoms with Crippen LogP contribution in [0.5, 0.6) is 0 Å². The number of morpholine rings is 1. The number of nitrogens with zero attached hydrogens (tertiary/aromatic N) is 2. The van der Waals surface area contributed by atoms with Crippen molar-refractivity contribution in [2.45, 2.75) is 0 Å². The molecule has 0 saturated carbocycles. The molecule has 1 aliphatic heterocycles. The number of halogens is 1. The number of nitrogens with one attached hydrogen (secondary N) is 1. The van der Waals surface area contributed by atoms with Gasteiger partial charge in [0, 0.05) is 19.2 Å². The summed E-state index contributed by atoms with van der Waals surface area (Å²) >= 11 is 0. The Balaban J connectivity index is 2.10. The standard InChI is InChI=1S/C12H12FN3O2/c13-8-1-2-9-10(7-8)14-12(15-11(9)17)16-3-5-18-6-4-16/h1-2,7H,3-6H2,(H,14,15,17). The first-order chi connectivity index (χ1) is 8.74. The molecular weight excluding hydrogens is 237 g/mol. The van der Waals surface area contributed by atoms with E-state index in [0.717, 1.165) is 0 Å². The highest BCUT2D eigenvalue weighted by Gasteiger charge is 2.14. The number of rotatable bonds is 1. The zero-order chi connectivity index (χ0) is 12.5. The number of hydrogen-bond donors (Lipinski definition) is 1. The fourth-order valence-electron chi connectivity index (χ4n) is 2.03. The van der Waals surface area contributed by atoms with Crippen molar-refractivity contribution >= 4 is 16.9 Å². The third-order valence-electron chi connectivity index (χ3n) is 2.97. The predicted molar refractivity (Wildman–Crippen MR) is 65.4 cm³/mol. The number of anilines is 1. The number of ether oxygens (including phenoxy) is 1. The highest BCUT2D eigenvalue weighted by molar-refractivity contribution is 5.78. The maximum Gasteiger partial charge on any atom is 0.260 e. The summed E-state index contributed by atoms with van der Waals surface area (Å²) in [7, 11) is 0. The van der Waals surface area contributed by atoms with Gasteiger partial charge in [-0.3, -0.25) is 9.78 Å². The number of hydrogen-bond acceptors (Lipinski definition) is 4. The molecule has 6 heteroatoms. The molecule has 0 unspecified atom stereocenters. The molecule has 0 spiro atoms. The van der Waals surface area contributed by atoms with Crippen LogP contribution in [0.15, 0.2) is 23.0 Å². The lowest BCUT2D eigenvalue weighted by Crippen LogP contribution is -2.38. The number of fused-ring (bicyclic) bond motifs is 1. The molecule has 1 fully saturated rings. The van der Waals surface area contributed by atoms with Crippen molar-refractivity contribution in [1.82, 2.24) is 9.97 Å². The normalized spacial score (nSPS) is 16.2. The van der Waals surface area contributed by atoms with Gasteiger partial charge in [0.25, 0.3) is 5.56 Å². The molecule has 1 aromatic heterocycles. The topological polar surface area (TPSA) is 58.2 Å². The lowest BCUT2D eigenvalue weighted by atomic mass is 10.2. The smallest absolute Gasteiger partial charge is 0.260 e. The van der Waals surface area contributed by atoms with Gasteiger partial charge in [-0.1, -0.05) is 0 Å². The van der Waals surface area contributed by atoms with Crippen molar-refractivity contribution < 1.29 is 9.13 Å². The maximum absolute atomic E-state index is 13.2. The molecule has 1 aromatic carbocycles. The second kappa shape index (κ2) is 4.38.